The third-order valence-electron chi connectivity index (χ3n) is 3.01. The molecular weight excluding hydrogens is 214 g/mol. The molecule has 0 aliphatic heterocycles. The molecule has 90 valence electrons. The van der Waals surface area contributed by atoms with E-state index in [2.05, 4.69) is 6.58 Å². The Bertz CT molecular complexity index is 450. The number of phenolic OH excluding ortho intramolecular Hbond substituents is 1. The highest BCUT2D eigenvalue weighted by atomic mass is 16.3. The zero-order valence-corrected chi connectivity index (χ0v) is 10.0. The lowest BCUT2D eigenvalue weighted by Gasteiger charge is -2.21. The first-order valence-electron chi connectivity index (χ1n) is 5.85. The number of amides is 1. The van der Waals surface area contributed by atoms with Crippen LogP contribution in [-0.4, -0.2) is 28.5 Å². The third-order valence-corrected chi connectivity index (χ3v) is 3.01. The fraction of sp³-hybridized carbons (Fsp3) is 0.357. The average Bonchev–Trinajstić information content (AvgIpc) is 3.09. The second-order valence-electron chi connectivity index (χ2n) is 4.48. The van der Waals surface area contributed by atoms with Crippen molar-refractivity contribution in [1.29, 1.82) is 0 Å². The molecule has 1 aromatic rings. The van der Waals surface area contributed by atoms with Crippen molar-refractivity contribution < 1.29 is 9.90 Å². The molecule has 1 aliphatic carbocycles. The van der Waals surface area contributed by atoms with Gasteiger partial charge in [-0.15, -0.1) is 6.58 Å². The van der Waals surface area contributed by atoms with Gasteiger partial charge >= 0.3 is 0 Å². The molecule has 0 bridgehead atoms. The van der Waals surface area contributed by atoms with Crippen LogP contribution in [0.3, 0.4) is 0 Å². The molecule has 0 heterocycles. The summed E-state index contributed by atoms with van der Waals surface area (Å²) in [6.07, 6.45) is 3.92. The number of benzene rings is 1. The predicted octanol–water partition coefficient (Wildman–Crippen LogP) is 2.49. The summed E-state index contributed by atoms with van der Waals surface area (Å²) in [7, 11) is 0. The Balaban J connectivity index is 2.24. The Morgan fingerprint density at radius 1 is 1.59 bits per heavy atom. The summed E-state index contributed by atoms with van der Waals surface area (Å²) < 4.78 is 0. The van der Waals surface area contributed by atoms with Gasteiger partial charge in [0.25, 0.3) is 5.91 Å². The summed E-state index contributed by atoms with van der Waals surface area (Å²) in [5, 5.41) is 9.34. The second kappa shape index (κ2) is 4.62. The smallest absolute Gasteiger partial charge is 0.254 e. The van der Waals surface area contributed by atoms with E-state index in [9.17, 15) is 9.90 Å². The van der Waals surface area contributed by atoms with E-state index in [0.717, 1.165) is 18.4 Å². The van der Waals surface area contributed by atoms with E-state index < -0.39 is 0 Å². The van der Waals surface area contributed by atoms with Crippen LogP contribution in [0.25, 0.3) is 0 Å². The molecule has 1 N–H and O–H groups in total. The van der Waals surface area contributed by atoms with Gasteiger partial charge in [0, 0.05) is 18.2 Å². The van der Waals surface area contributed by atoms with Crippen LogP contribution < -0.4 is 0 Å². The largest absolute Gasteiger partial charge is 0.508 e. The molecule has 3 heteroatoms. The van der Waals surface area contributed by atoms with Gasteiger partial charge in [0.05, 0.1) is 0 Å². The van der Waals surface area contributed by atoms with Crippen LogP contribution in [0.1, 0.15) is 28.8 Å². The van der Waals surface area contributed by atoms with Crippen molar-refractivity contribution >= 4 is 5.91 Å². The maximum atomic E-state index is 12.3. The standard InChI is InChI=1S/C14H17NO2/c1-3-8-15(11-4-5-11)14(17)13-7-6-12(16)9-10(13)2/h3,6-7,9,11,16H,1,4-5,8H2,2H3. The van der Waals surface area contributed by atoms with Crippen LogP contribution in [0.2, 0.25) is 0 Å². The number of phenols is 1. The predicted molar refractivity (Wildman–Crippen MR) is 67.1 cm³/mol. The van der Waals surface area contributed by atoms with E-state index in [4.69, 9.17) is 0 Å². The highest BCUT2D eigenvalue weighted by Gasteiger charge is 2.32. The fourth-order valence-corrected chi connectivity index (χ4v) is 1.97. The van der Waals surface area contributed by atoms with E-state index in [-0.39, 0.29) is 11.7 Å². The van der Waals surface area contributed by atoms with Crippen molar-refractivity contribution in [3.63, 3.8) is 0 Å². The molecule has 17 heavy (non-hydrogen) atoms. The number of aryl methyl sites for hydroxylation is 1. The SMILES string of the molecule is C=CCN(C(=O)c1ccc(O)cc1C)C1CC1. The summed E-state index contributed by atoms with van der Waals surface area (Å²) in [5.74, 6) is 0.227. The van der Waals surface area contributed by atoms with Crippen molar-refractivity contribution in [1.82, 2.24) is 4.90 Å². The minimum Gasteiger partial charge on any atom is -0.508 e. The number of hydrogen-bond acceptors (Lipinski definition) is 2. The van der Waals surface area contributed by atoms with Crippen LogP contribution in [0.15, 0.2) is 30.9 Å². The van der Waals surface area contributed by atoms with Crippen LogP contribution in [0.4, 0.5) is 0 Å². The van der Waals surface area contributed by atoms with Gasteiger partial charge in [-0.25, -0.2) is 0 Å². The molecule has 1 amide bonds. The Hall–Kier alpha value is -1.77. The van der Waals surface area contributed by atoms with Gasteiger partial charge in [-0.2, -0.15) is 0 Å². The fourth-order valence-electron chi connectivity index (χ4n) is 1.97. The van der Waals surface area contributed by atoms with Gasteiger partial charge in [-0.1, -0.05) is 6.08 Å². The van der Waals surface area contributed by atoms with Gasteiger partial charge in [-0.3, -0.25) is 4.79 Å². The number of nitrogens with zero attached hydrogens (tertiary/aromatic N) is 1. The van der Waals surface area contributed by atoms with Crippen LogP contribution in [-0.2, 0) is 0 Å². The highest BCUT2D eigenvalue weighted by Crippen LogP contribution is 2.29. The third kappa shape index (κ3) is 2.49. The molecule has 0 unspecified atom stereocenters. The van der Waals surface area contributed by atoms with E-state index >= 15 is 0 Å². The molecule has 0 saturated heterocycles. The van der Waals surface area contributed by atoms with Gasteiger partial charge < -0.3 is 10.0 Å². The molecule has 1 fully saturated rings. The first-order chi connectivity index (χ1) is 8.13. The lowest BCUT2D eigenvalue weighted by atomic mass is 10.1. The number of aromatic hydroxyl groups is 1. The summed E-state index contributed by atoms with van der Waals surface area (Å²) in [6.45, 7) is 6.12. The van der Waals surface area contributed by atoms with E-state index in [1.165, 1.54) is 0 Å². The van der Waals surface area contributed by atoms with Crippen molar-refractivity contribution in [2.45, 2.75) is 25.8 Å². The normalized spacial score (nSPS) is 14.4. The maximum Gasteiger partial charge on any atom is 0.254 e. The molecule has 0 atom stereocenters. The topological polar surface area (TPSA) is 40.5 Å². The zero-order valence-electron chi connectivity index (χ0n) is 10.0. The van der Waals surface area contributed by atoms with Crippen molar-refractivity contribution in [2.24, 2.45) is 0 Å². The minimum atomic E-state index is 0.0323. The van der Waals surface area contributed by atoms with Crippen molar-refractivity contribution in [3.8, 4) is 5.75 Å². The molecule has 0 radical (unpaired) electrons. The van der Waals surface area contributed by atoms with E-state index in [1.54, 1.807) is 24.3 Å². The average molecular weight is 231 g/mol. The Morgan fingerprint density at radius 2 is 2.29 bits per heavy atom. The molecular formula is C14H17NO2. The van der Waals surface area contributed by atoms with Gasteiger partial charge in [0.1, 0.15) is 5.75 Å². The van der Waals surface area contributed by atoms with Crippen LogP contribution in [0, 0.1) is 6.92 Å². The van der Waals surface area contributed by atoms with Crippen molar-refractivity contribution in [3.05, 3.63) is 42.0 Å². The Morgan fingerprint density at radius 3 is 2.82 bits per heavy atom. The van der Waals surface area contributed by atoms with Gasteiger partial charge in [0.2, 0.25) is 0 Å². The van der Waals surface area contributed by atoms with E-state index in [0.29, 0.717) is 18.2 Å². The summed E-state index contributed by atoms with van der Waals surface area (Å²) in [5.41, 5.74) is 1.47. The lowest BCUT2D eigenvalue weighted by Crippen LogP contribution is -2.33. The molecule has 1 aromatic carbocycles. The Kier molecular flexibility index (Phi) is 3.18. The molecule has 0 aromatic heterocycles. The quantitative estimate of drug-likeness (QED) is 0.809. The number of carbonyl (C=O) groups excluding carboxylic acids is 1. The highest BCUT2D eigenvalue weighted by molar-refractivity contribution is 5.96. The van der Waals surface area contributed by atoms with Crippen molar-refractivity contribution in [2.75, 3.05) is 6.54 Å². The number of rotatable bonds is 4. The van der Waals surface area contributed by atoms with E-state index in [1.807, 2.05) is 11.8 Å². The molecule has 2 rings (SSSR count). The van der Waals surface area contributed by atoms with Gasteiger partial charge in [-0.05, 0) is 43.5 Å². The van der Waals surface area contributed by atoms with Gasteiger partial charge in [0.15, 0.2) is 0 Å². The monoisotopic (exact) mass is 231 g/mol. The van der Waals surface area contributed by atoms with Crippen LogP contribution >= 0.6 is 0 Å². The van der Waals surface area contributed by atoms with Crippen LogP contribution in [0.5, 0.6) is 5.75 Å². The zero-order chi connectivity index (χ0) is 12.4. The summed E-state index contributed by atoms with van der Waals surface area (Å²) in [6, 6.07) is 5.23. The second-order valence-corrected chi connectivity index (χ2v) is 4.48. The first-order valence-corrected chi connectivity index (χ1v) is 5.85. The Labute approximate surface area is 101 Å². The molecule has 1 aliphatic rings. The first kappa shape index (κ1) is 11.7. The number of carbonyl (C=O) groups is 1. The molecule has 3 nitrogen and oxygen atoms in total. The number of hydrogen-bond donors (Lipinski definition) is 1. The molecule has 0 spiro atoms. The summed E-state index contributed by atoms with van der Waals surface area (Å²) >= 11 is 0. The lowest BCUT2D eigenvalue weighted by molar-refractivity contribution is 0.0762. The maximum absolute atomic E-state index is 12.3. The summed E-state index contributed by atoms with van der Waals surface area (Å²) in [4.78, 5) is 14.2. The minimum absolute atomic E-state index is 0.0323. The molecule has 1 saturated carbocycles.